The summed E-state index contributed by atoms with van der Waals surface area (Å²) in [6.45, 7) is 7.54. The lowest BCUT2D eigenvalue weighted by molar-refractivity contribution is 0.546. The van der Waals surface area contributed by atoms with Crippen molar-refractivity contribution in [1.29, 1.82) is 0 Å². The summed E-state index contributed by atoms with van der Waals surface area (Å²) < 4.78 is 0. The van der Waals surface area contributed by atoms with Crippen molar-refractivity contribution < 1.29 is 0 Å². The molecule has 0 fully saturated rings. The van der Waals surface area contributed by atoms with Gasteiger partial charge in [0.25, 0.3) is 0 Å². The molecule has 0 aliphatic carbocycles. The summed E-state index contributed by atoms with van der Waals surface area (Å²) >= 11 is 0. The maximum Gasteiger partial charge on any atom is 0.0363 e. The van der Waals surface area contributed by atoms with Crippen LogP contribution >= 0.6 is 0 Å². The van der Waals surface area contributed by atoms with Crippen molar-refractivity contribution >= 4 is 0 Å². The van der Waals surface area contributed by atoms with Gasteiger partial charge >= 0.3 is 0 Å². The number of hydrogen-bond donors (Lipinski definition) is 1. The fourth-order valence-corrected chi connectivity index (χ4v) is 2.58. The third-order valence-corrected chi connectivity index (χ3v) is 3.70. The van der Waals surface area contributed by atoms with Crippen LogP contribution in [0.5, 0.6) is 0 Å². The van der Waals surface area contributed by atoms with Crippen LogP contribution in [0, 0.1) is 13.8 Å². The molecule has 1 heteroatoms. The summed E-state index contributed by atoms with van der Waals surface area (Å²) in [4.78, 5) is 0. The Labute approximate surface area is 116 Å². The maximum absolute atomic E-state index is 3.62. The predicted molar refractivity (Wildman–Crippen MR) is 82.5 cm³/mol. The van der Waals surface area contributed by atoms with Crippen molar-refractivity contribution in [2.24, 2.45) is 0 Å². The number of benzene rings is 2. The fourth-order valence-electron chi connectivity index (χ4n) is 2.58. The van der Waals surface area contributed by atoms with Crippen molar-refractivity contribution in [3.8, 4) is 0 Å². The molecule has 2 aromatic carbocycles. The van der Waals surface area contributed by atoms with Crippen molar-refractivity contribution in [3.63, 3.8) is 0 Å². The third-order valence-electron chi connectivity index (χ3n) is 3.70. The molecule has 1 nitrogen and oxygen atoms in total. The van der Waals surface area contributed by atoms with Gasteiger partial charge in [-0.2, -0.15) is 0 Å². The average molecular weight is 253 g/mol. The molecule has 19 heavy (non-hydrogen) atoms. The van der Waals surface area contributed by atoms with E-state index in [4.69, 9.17) is 0 Å². The van der Waals surface area contributed by atoms with E-state index in [-0.39, 0.29) is 0 Å². The molecule has 2 rings (SSSR count). The number of aryl methyl sites for hydroxylation is 2. The van der Waals surface area contributed by atoms with Gasteiger partial charge in [0.05, 0.1) is 0 Å². The Hall–Kier alpha value is -1.60. The first-order valence-corrected chi connectivity index (χ1v) is 7.05. The van der Waals surface area contributed by atoms with E-state index in [2.05, 4.69) is 74.6 Å². The second-order valence-corrected chi connectivity index (χ2v) is 5.10. The predicted octanol–water partition coefficient (Wildman–Crippen LogP) is 4.20. The highest BCUT2D eigenvalue weighted by Crippen LogP contribution is 2.23. The van der Waals surface area contributed by atoms with Crippen molar-refractivity contribution in [1.82, 2.24) is 5.32 Å². The Morgan fingerprint density at radius 1 is 0.895 bits per heavy atom. The fraction of sp³-hybridized carbons (Fsp3) is 0.333. The van der Waals surface area contributed by atoms with Crippen molar-refractivity contribution in [2.45, 2.75) is 33.2 Å². The van der Waals surface area contributed by atoms with Crippen molar-refractivity contribution in [2.75, 3.05) is 6.54 Å². The molecule has 1 unspecified atom stereocenters. The summed E-state index contributed by atoms with van der Waals surface area (Å²) in [6, 6.07) is 17.7. The van der Waals surface area contributed by atoms with Gasteiger partial charge in [0, 0.05) is 6.04 Å². The minimum Gasteiger partial charge on any atom is -0.310 e. The molecule has 2 aromatic rings. The van der Waals surface area contributed by atoms with E-state index in [0.717, 1.165) is 13.0 Å². The zero-order chi connectivity index (χ0) is 13.7. The molecule has 1 atom stereocenters. The SMILES string of the molecule is CCNC(Cc1ccccc1C)c1ccccc1C. The van der Waals surface area contributed by atoms with Crippen LogP contribution in [0.4, 0.5) is 0 Å². The van der Waals surface area contributed by atoms with E-state index in [1.54, 1.807) is 0 Å². The molecular formula is C18H23N. The van der Waals surface area contributed by atoms with E-state index in [1.807, 2.05) is 0 Å². The Morgan fingerprint density at radius 3 is 2.16 bits per heavy atom. The van der Waals surface area contributed by atoms with E-state index >= 15 is 0 Å². The summed E-state index contributed by atoms with van der Waals surface area (Å²) in [5.41, 5.74) is 5.57. The lowest BCUT2D eigenvalue weighted by Crippen LogP contribution is -2.24. The van der Waals surface area contributed by atoms with E-state index < -0.39 is 0 Å². The summed E-state index contributed by atoms with van der Waals surface area (Å²) in [6.07, 6.45) is 1.05. The minimum absolute atomic E-state index is 0.396. The zero-order valence-electron chi connectivity index (χ0n) is 12.1. The highest BCUT2D eigenvalue weighted by Gasteiger charge is 2.13. The Morgan fingerprint density at radius 2 is 1.53 bits per heavy atom. The first kappa shape index (κ1) is 13.8. The monoisotopic (exact) mass is 253 g/mol. The van der Waals surface area contributed by atoms with E-state index in [1.165, 1.54) is 22.3 Å². The largest absolute Gasteiger partial charge is 0.310 e. The standard InChI is InChI=1S/C18H23N/c1-4-19-18(17-12-8-6-10-15(17)3)13-16-11-7-5-9-14(16)2/h5-12,18-19H,4,13H2,1-3H3. The second kappa shape index (κ2) is 6.53. The Kier molecular flexibility index (Phi) is 4.75. The van der Waals surface area contributed by atoms with Gasteiger partial charge in [-0.25, -0.2) is 0 Å². The van der Waals surface area contributed by atoms with Gasteiger partial charge < -0.3 is 5.32 Å². The number of likely N-dealkylation sites (N-methyl/N-ethyl adjacent to an activating group) is 1. The minimum atomic E-state index is 0.396. The topological polar surface area (TPSA) is 12.0 Å². The summed E-state index contributed by atoms with van der Waals surface area (Å²) in [5.74, 6) is 0. The van der Waals surface area contributed by atoms with Crippen LogP contribution in [-0.2, 0) is 6.42 Å². The molecule has 0 heterocycles. The first-order valence-electron chi connectivity index (χ1n) is 7.05. The van der Waals surface area contributed by atoms with Crippen LogP contribution in [-0.4, -0.2) is 6.54 Å². The summed E-state index contributed by atoms with van der Waals surface area (Å²) in [5, 5.41) is 3.62. The molecule has 0 aliphatic heterocycles. The number of nitrogens with one attached hydrogen (secondary N) is 1. The molecule has 0 aromatic heterocycles. The normalized spacial score (nSPS) is 12.4. The molecule has 0 saturated carbocycles. The maximum atomic E-state index is 3.62. The highest BCUT2D eigenvalue weighted by molar-refractivity contribution is 5.33. The van der Waals surface area contributed by atoms with E-state index in [9.17, 15) is 0 Å². The van der Waals surface area contributed by atoms with Gasteiger partial charge in [-0.3, -0.25) is 0 Å². The van der Waals surface area contributed by atoms with E-state index in [0.29, 0.717) is 6.04 Å². The molecule has 0 bridgehead atoms. The van der Waals surface area contributed by atoms with Crippen LogP contribution in [0.15, 0.2) is 48.5 Å². The van der Waals surface area contributed by atoms with Gasteiger partial charge in [0.2, 0.25) is 0 Å². The van der Waals surface area contributed by atoms with Gasteiger partial charge in [-0.15, -0.1) is 0 Å². The Bertz CT molecular complexity index is 531. The quantitative estimate of drug-likeness (QED) is 0.842. The van der Waals surface area contributed by atoms with Gasteiger partial charge in [0.1, 0.15) is 0 Å². The summed E-state index contributed by atoms with van der Waals surface area (Å²) in [7, 11) is 0. The third kappa shape index (κ3) is 3.45. The van der Waals surface area contributed by atoms with Gasteiger partial charge in [-0.1, -0.05) is 55.5 Å². The van der Waals surface area contributed by atoms with Crippen LogP contribution in [0.2, 0.25) is 0 Å². The molecule has 0 radical (unpaired) electrons. The van der Waals surface area contributed by atoms with Crippen molar-refractivity contribution in [3.05, 3.63) is 70.8 Å². The molecule has 100 valence electrons. The highest BCUT2D eigenvalue weighted by atomic mass is 14.9. The lowest BCUT2D eigenvalue weighted by atomic mass is 9.93. The molecule has 1 N–H and O–H groups in total. The van der Waals surface area contributed by atoms with Gasteiger partial charge in [0.15, 0.2) is 0 Å². The molecule has 0 amide bonds. The van der Waals surface area contributed by atoms with Gasteiger partial charge in [-0.05, 0) is 49.1 Å². The van der Waals surface area contributed by atoms with Crippen LogP contribution in [0.3, 0.4) is 0 Å². The lowest BCUT2D eigenvalue weighted by Gasteiger charge is -2.21. The smallest absolute Gasteiger partial charge is 0.0363 e. The molecule has 0 spiro atoms. The second-order valence-electron chi connectivity index (χ2n) is 5.10. The first-order chi connectivity index (χ1) is 9.22. The zero-order valence-corrected chi connectivity index (χ0v) is 12.1. The number of hydrogen-bond acceptors (Lipinski definition) is 1. The van der Waals surface area contributed by atoms with Crippen LogP contribution in [0.1, 0.15) is 35.2 Å². The molecular weight excluding hydrogens is 230 g/mol. The van der Waals surface area contributed by atoms with Crippen LogP contribution < -0.4 is 5.32 Å². The average Bonchev–Trinajstić information content (AvgIpc) is 2.41. The molecule has 0 saturated heterocycles. The Balaban J connectivity index is 2.27. The van der Waals surface area contributed by atoms with Crippen LogP contribution in [0.25, 0.3) is 0 Å². The number of rotatable bonds is 5. The molecule has 0 aliphatic rings.